The van der Waals surface area contributed by atoms with Gasteiger partial charge in [0.05, 0.1) is 11.0 Å². The Kier molecular flexibility index (Phi) is 4.70. The summed E-state index contributed by atoms with van der Waals surface area (Å²) in [6.45, 7) is 0. The van der Waals surface area contributed by atoms with Gasteiger partial charge in [0.25, 0.3) is 5.91 Å². The van der Waals surface area contributed by atoms with Gasteiger partial charge < -0.3 is 15.5 Å². The van der Waals surface area contributed by atoms with Crippen LogP contribution in [0.15, 0.2) is 48.7 Å². The molecule has 2 saturated heterocycles. The molecule has 2 bridgehead atoms. The highest BCUT2D eigenvalue weighted by Crippen LogP contribution is 2.49. The van der Waals surface area contributed by atoms with Gasteiger partial charge in [-0.15, -0.1) is 0 Å². The Labute approximate surface area is 188 Å². The van der Waals surface area contributed by atoms with E-state index in [0.29, 0.717) is 23.7 Å². The van der Waals surface area contributed by atoms with E-state index >= 15 is 0 Å². The molecule has 32 heavy (non-hydrogen) atoms. The van der Waals surface area contributed by atoms with Crippen LogP contribution in [0.1, 0.15) is 67.3 Å². The zero-order chi connectivity index (χ0) is 21.7. The summed E-state index contributed by atoms with van der Waals surface area (Å²) in [5.74, 6) is 1.13. The van der Waals surface area contributed by atoms with Crippen molar-refractivity contribution in [1.82, 2.24) is 15.6 Å². The van der Waals surface area contributed by atoms with Gasteiger partial charge in [-0.25, -0.2) is 4.98 Å². The number of pyridine rings is 1. The van der Waals surface area contributed by atoms with E-state index in [1.165, 1.54) is 0 Å². The van der Waals surface area contributed by atoms with Crippen LogP contribution in [0.25, 0.3) is 0 Å². The highest BCUT2D eigenvalue weighted by atomic mass is 16.2. The lowest BCUT2D eigenvalue weighted by atomic mass is 9.92. The molecule has 3 heterocycles. The molecule has 6 nitrogen and oxygen atoms in total. The van der Waals surface area contributed by atoms with Crippen LogP contribution in [0.5, 0.6) is 0 Å². The molecule has 2 saturated carbocycles. The Balaban J connectivity index is 1.11. The zero-order valence-corrected chi connectivity index (χ0v) is 18.3. The monoisotopic (exact) mass is 430 g/mol. The maximum Gasteiger partial charge on any atom is 0.253 e. The molecule has 166 valence electrons. The molecular formula is C26H30N4O2. The van der Waals surface area contributed by atoms with Crippen molar-refractivity contribution in [1.29, 1.82) is 0 Å². The first-order chi connectivity index (χ1) is 15.6. The van der Waals surface area contributed by atoms with E-state index in [1.807, 2.05) is 30.3 Å². The number of rotatable bonds is 6. The van der Waals surface area contributed by atoms with Crippen molar-refractivity contribution in [3.63, 3.8) is 0 Å². The van der Waals surface area contributed by atoms with E-state index in [2.05, 4.69) is 32.7 Å². The van der Waals surface area contributed by atoms with Gasteiger partial charge in [-0.2, -0.15) is 0 Å². The molecule has 2 aliphatic carbocycles. The molecule has 2 amide bonds. The summed E-state index contributed by atoms with van der Waals surface area (Å²) in [6, 6.07) is 15.5. The molecule has 4 fully saturated rings. The molecule has 2 aliphatic heterocycles. The van der Waals surface area contributed by atoms with Crippen molar-refractivity contribution in [2.24, 2.45) is 0 Å². The topological polar surface area (TPSA) is 74.3 Å². The number of anilines is 1. The number of nitrogens with one attached hydrogen (secondary N) is 2. The van der Waals surface area contributed by atoms with Gasteiger partial charge >= 0.3 is 0 Å². The van der Waals surface area contributed by atoms with Gasteiger partial charge in [-0.05, 0) is 69.1 Å². The van der Waals surface area contributed by atoms with Crippen molar-refractivity contribution in [3.05, 3.63) is 59.8 Å². The normalized spacial score (nSPS) is 27.6. The van der Waals surface area contributed by atoms with Gasteiger partial charge in [-0.1, -0.05) is 30.3 Å². The maximum atomic E-state index is 13.2. The van der Waals surface area contributed by atoms with Crippen molar-refractivity contribution in [2.45, 2.75) is 80.9 Å². The molecule has 3 atom stereocenters. The average molecular weight is 431 g/mol. The Morgan fingerprint density at radius 3 is 2.19 bits per heavy atom. The Hall–Kier alpha value is -2.89. The Bertz CT molecular complexity index is 1000. The van der Waals surface area contributed by atoms with E-state index in [1.54, 1.807) is 6.20 Å². The summed E-state index contributed by atoms with van der Waals surface area (Å²) in [7, 11) is 0. The minimum Gasteiger partial charge on any atom is -0.352 e. The highest BCUT2D eigenvalue weighted by Gasteiger charge is 2.52. The summed E-state index contributed by atoms with van der Waals surface area (Å²) in [5, 5.41) is 6.42. The Morgan fingerprint density at radius 2 is 1.59 bits per heavy atom. The minimum absolute atomic E-state index is 0.0247. The van der Waals surface area contributed by atoms with Crippen molar-refractivity contribution in [2.75, 3.05) is 4.90 Å². The smallest absolute Gasteiger partial charge is 0.253 e. The van der Waals surface area contributed by atoms with Crippen LogP contribution in [0, 0.1) is 0 Å². The second kappa shape index (κ2) is 7.61. The first kappa shape index (κ1) is 19.8. The maximum absolute atomic E-state index is 13.2. The van der Waals surface area contributed by atoms with Gasteiger partial charge in [0, 0.05) is 30.4 Å². The van der Waals surface area contributed by atoms with Crippen molar-refractivity contribution >= 4 is 17.6 Å². The standard InChI is InChI=1S/C26H30N4O2/c31-24(28-19-7-8-19)17-6-11-23(27-16-17)30-21-9-10-22(30)15-20(14-21)29-25(32)26(12-13-26)18-4-2-1-3-5-18/h1-6,11,16,19-22H,7-10,12-15H2,(H,28,31)(H,29,32)/t20-,21+,22-. The molecular weight excluding hydrogens is 400 g/mol. The van der Waals surface area contributed by atoms with Crippen molar-refractivity contribution in [3.8, 4) is 0 Å². The molecule has 0 spiro atoms. The predicted molar refractivity (Wildman–Crippen MR) is 123 cm³/mol. The van der Waals surface area contributed by atoms with Crippen molar-refractivity contribution < 1.29 is 9.59 Å². The number of amides is 2. The van der Waals surface area contributed by atoms with Crippen LogP contribution in [0.2, 0.25) is 0 Å². The number of carbonyl (C=O) groups is 2. The number of fused-ring (bicyclic) bond motifs is 2. The lowest BCUT2D eigenvalue weighted by molar-refractivity contribution is -0.124. The lowest BCUT2D eigenvalue weighted by Crippen LogP contribution is -2.52. The van der Waals surface area contributed by atoms with Gasteiger partial charge in [0.2, 0.25) is 5.91 Å². The first-order valence-electron chi connectivity index (χ1n) is 12.0. The molecule has 6 heteroatoms. The summed E-state index contributed by atoms with van der Waals surface area (Å²) < 4.78 is 0. The molecule has 0 radical (unpaired) electrons. The molecule has 4 aliphatic rings. The third-order valence-corrected chi connectivity index (χ3v) is 7.77. The lowest BCUT2D eigenvalue weighted by Gasteiger charge is -2.40. The summed E-state index contributed by atoms with van der Waals surface area (Å²) >= 11 is 0. The van der Waals surface area contributed by atoms with Gasteiger partial charge in [0.1, 0.15) is 5.82 Å². The fourth-order valence-corrected chi connectivity index (χ4v) is 5.69. The average Bonchev–Trinajstić information content (AvgIpc) is 3.73. The van der Waals surface area contributed by atoms with E-state index in [4.69, 9.17) is 0 Å². The van der Waals surface area contributed by atoms with Crippen LogP contribution in [0.3, 0.4) is 0 Å². The van der Waals surface area contributed by atoms with Gasteiger partial charge in [-0.3, -0.25) is 9.59 Å². The fourth-order valence-electron chi connectivity index (χ4n) is 5.69. The van der Waals surface area contributed by atoms with Crippen LogP contribution < -0.4 is 15.5 Å². The highest BCUT2D eigenvalue weighted by molar-refractivity contribution is 5.94. The second-order valence-corrected chi connectivity index (χ2v) is 10.0. The molecule has 0 unspecified atom stereocenters. The summed E-state index contributed by atoms with van der Waals surface area (Å²) in [5.41, 5.74) is 1.47. The molecule has 2 aromatic rings. The molecule has 6 rings (SSSR count). The van der Waals surface area contributed by atoms with Gasteiger partial charge in [0.15, 0.2) is 0 Å². The largest absolute Gasteiger partial charge is 0.352 e. The quantitative estimate of drug-likeness (QED) is 0.737. The summed E-state index contributed by atoms with van der Waals surface area (Å²) in [6.07, 6.45) is 9.93. The minimum atomic E-state index is -0.310. The van der Waals surface area contributed by atoms with E-state index in [9.17, 15) is 9.59 Å². The Morgan fingerprint density at radius 1 is 0.875 bits per heavy atom. The number of carbonyl (C=O) groups excluding carboxylic acids is 2. The van der Waals surface area contributed by atoms with E-state index < -0.39 is 0 Å². The number of nitrogens with zero attached hydrogens (tertiary/aromatic N) is 2. The number of piperidine rings is 1. The number of hydrogen-bond acceptors (Lipinski definition) is 4. The predicted octanol–water partition coefficient (Wildman–Crippen LogP) is 3.32. The molecule has 2 N–H and O–H groups in total. The van der Waals surface area contributed by atoms with Crippen LogP contribution in [-0.4, -0.2) is 41.0 Å². The SMILES string of the molecule is O=C(NC1CC1)c1ccc(N2[C@@H]3CC[C@H]2C[C@@H](NC(=O)C2(c4ccccc4)CC2)C3)nc1. The summed E-state index contributed by atoms with van der Waals surface area (Å²) in [4.78, 5) is 32.5. The zero-order valence-electron chi connectivity index (χ0n) is 18.3. The van der Waals surface area contributed by atoms with Crippen LogP contribution in [-0.2, 0) is 10.2 Å². The third-order valence-electron chi connectivity index (χ3n) is 7.77. The molecule has 1 aromatic heterocycles. The van der Waals surface area contributed by atoms with Crippen LogP contribution in [0.4, 0.5) is 5.82 Å². The first-order valence-corrected chi connectivity index (χ1v) is 12.0. The third kappa shape index (κ3) is 3.55. The number of hydrogen-bond donors (Lipinski definition) is 2. The second-order valence-electron chi connectivity index (χ2n) is 10.0. The van der Waals surface area contributed by atoms with E-state index in [0.717, 1.165) is 62.7 Å². The van der Waals surface area contributed by atoms with Crippen LogP contribution >= 0.6 is 0 Å². The number of benzene rings is 1. The number of aromatic nitrogens is 1. The molecule has 1 aromatic carbocycles. The fraction of sp³-hybridized carbons (Fsp3) is 0.500. The van der Waals surface area contributed by atoms with E-state index in [-0.39, 0.29) is 23.3 Å².